The lowest BCUT2D eigenvalue weighted by molar-refractivity contribution is -0.139. The van der Waals surface area contributed by atoms with Crippen molar-refractivity contribution in [2.24, 2.45) is 0 Å². The molecule has 0 spiro atoms. The van der Waals surface area contributed by atoms with Gasteiger partial charge >= 0.3 is 0 Å². The first-order chi connectivity index (χ1) is 16.0. The van der Waals surface area contributed by atoms with Crippen LogP contribution in [0.25, 0.3) is 0 Å². The van der Waals surface area contributed by atoms with Crippen LogP contribution in [0.1, 0.15) is 53.4 Å². The second kappa shape index (κ2) is 12.2. The van der Waals surface area contributed by atoms with Crippen LogP contribution in [0.5, 0.6) is 5.75 Å². The van der Waals surface area contributed by atoms with E-state index < -0.39 is 6.04 Å². The summed E-state index contributed by atoms with van der Waals surface area (Å²) in [4.78, 5) is 41.0. The van der Waals surface area contributed by atoms with E-state index in [1.54, 1.807) is 55.0 Å². The molecule has 3 rings (SSSR count). The van der Waals surface area contributed by atoms with Crippen LogP contribution in [-0.2, 0) is 9.59 Å². The smallest absolute Gasteiger partial charge is 0.261 e. The largest absolute Gasteiger partial charge is 0.497 e. The van der Waals surface area contributed by atoms with E-state index in [2.05, 4.69) is 17.2 Å². The molecule has 1 aromatic heterocycles. The molecule has 33 heavy (non-hydrogen) atoms. The molecule has 2 N–H and O–H groups in total. The summed E-state index contributed by atoms with van der Waals surface area (Å²) in [6.07, 6.45) is 6.79. The van der Waals surface area contributed by atoms with E-state index in [4.69, 9.17) is 4.74 Å². The summed E-state index contributed by atoms with van der Waals surface area (Å²) in [6, 6.07) is 9.86. The number of carbonyl (C=O) groups excluding carboxylic acids is 3. The van der Waals surface area contributed by atoms with Crippen LogP contribution in [0.3, 0.4) is 0 Å². The summed E-state index contributed by atoms with van der Waals surface area (Å²) < 4.78 is 5.34. The fraction of sp³-hybridized carbons (Fsp3) is 0.400. The fourth-order valence-electron chi connectivity index (χ4n) is 4.05. The first-order valence-corrected chi connectivity index (χ1v) is 12.1. The summed E-state index contributed by atoms with van der Waals surface area (Å²) in [5.41, 5.74) is 0.641. The van der Waals surface area contributed by atoms with Gasteiger partial charge in [0.05, 0.1) is 18.5 Å². The molecule has 3 amide bonds. The average molecular weight is 470 g/mol. The topological polar surface area (TPSA) is 87.7 Å². The molecule has 1 saturated carbocycles. The maximum atomic E-state index is 13.5. The number of thiophene rings is 1. The van der Waals surface area contributed by atoms with Gasteiger partial charge < -0.3 is 20.3 Å². The van der Waals surface area contributed by atoms with Crippen molar-refractivity contribution in [3.05, 3.63) is 64.9 Å². The van der Waals surface area contributed by atoms with E-state index in [1.807, 2.05) is 0 Å². The third-order valence-corrected chi connectivity index (χ3v) is 6.58. The first-order valence-electron chi connectivity index (χ1n) is 11.2. The molecule has 7 nitrogen and oxygen atoms in total. The molecule has 0 saturated heterocycles. The third-order valence-electron chi connectivity index (χ3n) is 5.71. The number of nitrogens with zero attached hydrogens (tertiary/aromatic N) is 1. The lowest BCUT2D eigenvalue weighted by atomic mass is 9.94. The van der Waals surface area contributed by atoms with Gasteiger partial charge in [-0.2, -0.15) is 0 Å². The van der Waals surface area contributed by atoms with Gasteiger partial charge in [-0.1, -0.05) is 43.5 Å². The van der Waals surface area contributed by atoms with Crippen molar-refractivity contribution in [3.8, 4) is 5.75 Å². The van der Waals surface area contributed by atoms with Gasteiger partial charge in [0.25, 0.3) is 5.91 Å². The Kier molecular flexibility index (Phi) is 9.06. The van der Waals surface area contributed by atoms with Crippen LogP contribution in [0.4, 0.5) is 0 Å². The van der Waals surface area contributed by atoms with Crippen molar-refractivity contribution in [2.75, 3.05) is 20.2 Å². The maximum Gasteiger partial charge on any atom is 0.261 e. The maximum absolute atomic E-state index is 13.5. The number of methoxy groups -OCH3 is 1. The summed E-state index contributed by atoms with van der Waals surface area (Å²) in [7, 11) is 1.56. The quantitative estimate of drug-likeness (QED) is 0.520. The van der Waals surface area contributed by atoms with Crippen molar-refractivity contribution in [1.29, 1.82) is 0 Å². The predicted octanol–water partition coefficient (Wildman–Crippen LogP) is 3.69. The monoisotopic (exact) mass is 469 g/mol. The minimum atomic E-state index is -0.869. The lowest BCUT2D eigenvalue weighted by Crippen LogP contribution is -2.49. The Hall–Kier alpha value is -3.13. The third kappa shape index (κ3) is 6.68. The normalized spacial score (nSPS) is 14.7. The molecule has 0 unspecified atom stereocenters. The number of rotatable bonds is 10. The Morgan fingerprint density at radius 2 is 2.00 bits per heavy atom. The van der Waals surface area contributed by atoms with Crippen LogP contribution in [-0.4, -0.2) is 48.9 Å². The molecule has 0 radical (unpaired) electrons. The number of hydrogen-bond donors (Lipinski definition) is 2. The summed E-state index contributed by atoms with van der Waals surface area (Å²) >= 11 is 1.30. The Labute approximate surface area is 198 Å². The van der Waals surface area contributed by atoms with Gasteiger partial charge in [0.2, 0.25) is 11.8 Å². The molecule has 1 atom stereocenters. The van der Waals surface area contributed by atoms with Gasteiger partial charge in [0, 0.05) is 12.6 Å². The molecule has 0 bridgehead atoms. The molecule has 1 heterocycles. The predicted molar refractivity (Wildman–Crippen MR) is 129 cm³/mol. The molecule has 1 aliphatic carbocycles. The van der Waals surface area contributed by atoms with Gasteiger partial charge in [-0.05, 0) is 42.0 Å². The highest BCUT2D eigenvalue weighted by atomic mass is 32.1. The number of hydrogen-bond acceptors (Lipinski definition) is 5. The zero-order valence-electron chi connectivity index (χ0n) is 18.9. The zero-order chi connectivity index (χ0) is 23.6. The Balaban J connectivity index is 1.83. The molecule has 1 aliphatic rings. The number of carbonyl (C=O) groups is 3. The molecule has 1 aromatic carbocycles. The van der Waals surface area contributed by atoms with Gasteiger partial charge in [-0.15, -0.1) is 17.9 Å². The number of ether oxygens (including phenoxy) is 1. The molecule has 1 fully saturated rings. The SMILES string of the molecule is C=CCN(C(=O)CNC(=O)c1cccs1)[C@@H](C(=O)NC1CCCCC1)c1cccc(OC)c1. The molecule has 2 aromatic rings. The van der Waals surface area contributed by atoms with Gasteiger partial charge in [-0.3, -0.25) is 14.4 Å². The Morgan fingerprint density at radius 1 is 1.21 bits per heavy atom. The summed E-state index contributed by atoms with van der Waals surface area (Å²) in [6.45, 7) is 3.71. The van der Waals surface area contributed by atoms with Crippen molar-refractivity contribution >= 4 is 29.1 Å². The molecular formula is C25H31N3O4S. The molecule has 0 aliphatic heterocycles. The van der Waals surface area contributed by atoms with Crippen molar-refractivity contribution < 1.29 is 19.1 Å². The van der Waals surface area contributed by atoms with Crippen LogP contribution < -0.4 is 15.4 Å². The number of benzene rings is 1. The van der Waals surface area contributed by atoms with E-state index in [0.717, 1.165) is 25.7 Å². The molecule has 176 valence electrons. The zero-order valence-corrected chi connectivity index (χ0v) is 19.7. The molecule has 8 heteroatoms. The fourth-order valence-corrected chi connectivity index (χ4v) is 4.69. The Morgan fingerprint density at radius 3 is 2.67 bits per heavy atom. The second-order valence-electron chi connectivity index (χ2n) is 8.02. The summed E-state index contributed by atoms with van der Waals surface area (Å²) in [5.74, 6) is -0.331. The van der Waals surface area contributed by atoms with Gasteiger partial charge in [0.15, 0.2) is 0 Å². The van der Waals surface area contributed by atoms with Crippen LogP contribution in [0.15, 0.2) is 54.4 Å². The lowest BCUT2D eigenvalue weighted by Gasteiger charge is -2.33. The van der Waals surface area contributed by atoms with Crippen LogP contribution in [0, 0.1) is 0 Å². The van der Waals surface area contributed by atoms with Gasteiger partial charge in [0.1, 0.15) is 11.8 Å². The van der Waals surface area contributed by atoms with Gasteiger partial charge in [-0.25, -0.2) is 0 Å². The van der Waals surface area contributed by atoms with Crippen LogP contribution in [0.2, 0.25) is 0 Å². The second-order valence-corrected chi connectivity index (χ2v) is 8.97. The number of amides is 3. The first kappa shape index (κ1) is 24.5. The van der Waals surface area contributed by atoms with Crippen molar-refractivity contribution in [2.45, 2.75) is 44.2 Å². The highest BCUT2D eigenvalue weighted by Gasteiger charge is 2.32. The van der Waals surface area contributed by atoms with Crippen molar-refractivity contribution in [1.82, 2.24) is 15.5 Å². The van der Waals surface area contributed by atoms with Crippen LogP contribution >= 0.6 is 11.3 Å². The van der Waals surface area contributed by atoms with E-state index in [9.17, 15) is 14.4 Å². The standard InChI is InChI=1S/C25H31N3O4S/c1-3-14-28(22(29)17-26-24(30)21-13-8-15-33-21)23(18-9-7-12-20(16-18)32-2)25(31)27-19-10-5-4-6-11-19/h3,7-9,12-13,15-16,19,23H,1,4-6,10-11,14,17H2,2H3,(H,26,30)(H,27,31)/t23-/m1/s1. The van der Waals surface area contributed by atoms with E-state index >= 15 is 0 Å². The van der Waals surface area contributed by atoms with E-state index in [-0.39, 0.29) is 36.9 Å². The van der Waals surface area contributed by atoms with Crippen molar-refractivity contribution in [3.63, 3.8) is 0 Å². The highest BCUT2D eigenvalue weighted by Crippen LogP contribution is 2.26. The Bertz CT molecular complexity index is 954. The van der Waals surface area contributed by atoms with E-state index in [0.29, 0.717) is 16.2 Å². The van der Waals surface area contributed by atoms with E-state index in [1.165, 1.54) is 22.7 Å². The minimum Gasteiger partial charge on any atom is -0.497 e. The highest BCUT2D eigenvalue weighted by molar-refractivity contribution is 7.12. The number of nitrogens with one attached hydrogen (secondary N) is 2. The molecular weight excluding hydrogens is 438 g/mol. The minimum absolute atomic E-state index is 0.0959. The average Bonchev–Trinajstić information content (AvgIpc) is 3.38. The summed E-state index contributed by atoms with van der Waals surface area (Å²) in [5, 5.41) is 7.61.